The van der Waals surface area contributed by atoms with Gasteiger partial charge in [0.15, 0.2) is 0 Å². The second kappa shape index (κ2) is 4.55. The van der Waals surface area contributed by atoms with E-state index in [1.807, 2.05) is 35.1 Å². The quantitative estimate of drug-likeness (QED) is 0.859. The topological polar surface area (TPSA) is 64.1 Å². The Kier molecular flexibility index (Phi) is 2.89. The molecule has 4 nitrogen and oxygen atoms in total. The van der Waals surface area contributed by atoms with Crippen molar-refractivity contribution in [3.8, 4) is 5.69 Å². The molecule has 0 aliphatic heterocycles. The Morgan fingerprint density at radius 3 is 2.61 bits per heavy atom. The highest BCUT2D eigenvalue weighted by Crippen LogP contribution is 2.40. The van der Waals surface area contributed by atoms with Crippen molar-refractivity contribution >= 4 is 0 Å². The summed E-state index contributed by atoms with van der Waals surface area (Å²) in [4.78, 5) is 0. The van der Waals surface area contributed by atoms with E-state index in [0.717, 1.165) is 11.3 Å². The predicted molar refractivity (Wildman–Crippen MR) is 69.6 cm³/mol. The standard InChI is InChI=1S/C14H17N3O/c15-13(9-18)10-3-5-12(6-4-10)17-14(7-8-16-17)11-1-2-11/h3-8,11,13,18H,1-2,9,15H2. The summed E-state index contributed by atoms with van der Waals surface area (Å²) in [6.45, 7) is -0.0333. The molecule has 1 aromatic heterocycles. The van der Waals surface area contributed by atoms with Gasteiger partial charge in [-0.1, -0.05) is 12.1 Å². The molecule has 0 amide bonds. The van der Waals surface area contributed by atoms with Crippen LogP contribution in [0.4, 0.5) is 0 Å². The third kappa shape index (κ3) is 2.05. The zero-order valence-corrected chi connectivity index (χ0v) is 10.2. The van der Waals surface area contributed by atoms with E-state index in [1.54, 1.807) is 0 Å². The molecule has 1 atom stereocenters. The van der Waals surface area contributed by atoms with E-state index in [0.29, 0.717) is 5.92 Å². The monoisotopic (exact) mass is 243 g/mol. The second-order valence-electron chi connectivity index (χ2n) is 4.82. The molecule has 1 unspecified atom stereocenters. The molecule has 18 heavy (non-hydrogen) atoms. The highest BCUT2D eigenvalue weighted by molar-refractivity contribution is 5.37. The van der Waals surface area contributed by atoms with Gasteiger partial charge in [0.2, 0.25) is 0 Å². The molecule has 0 radical (unpaired) electrons. The minimum absolute atomic E-state index is 0.0333. The fraction of sp³-hybridized carbons (Fsp3) is 0.357. The number of hydrogen-bond donors (Lipinski definition) is 2. The van der Waals surface area contributed by atoms with E-state index in [9.17, 15) is 0 Å². The first-order valence-corrected chi connectivity index (χ1v) is 6.30. The summed E-state index contributed by atoms with van der Waals surface area (Å²) in [6.07, 6.45) is 4.37. The van der Waals surface area contributed by atoms with E-state index in [2.05, 4.69) is 11.2 Å². The van der Waals surface area contributed by atoms with Crippen molar-refractivity contribution in [2.24, 2.45) is 5.73 Å². The van der Waals surface area contributed by atoms with Crippen molar-refractivity contribution in [2.75, 3.05) is 6.61 Å². The predicted octanol–water partition coefficient (Wildman–Crippen LogP) is 1.74. The Morgan fingerprint density at radius 1 is 1.28 bits per heavy atom. The molecule has 0 bridgehead atoms. The Balaban J connectivity index is 1.90. The summed E-state index contributed by atoms with van der Waals surface area (Å²) >= 11 is 0. The molecule has 1 heterocycles. The molecule has 94 valence electrons. The molecule has 2 aromatic rings. The van der Waals surface area contributed by atoms with Gasteiger partial charge >= 0.3 is 0 Å². The van der Waals surface area contributed by atoms with Gasteiger partial charge in [-0.2, -0.15) is 5.10 Å². The van der Waals surface area contributed by atoms with E-state index in [4.69, 9.17) is 10.8 Å². The Labute approximate surface area is 106 Å². The van der Waals surface area contributed by atoms with Crippen LogP contribution in [0.25, 0.3) is 5.69 Å². The van der Waals surface area contributed by atoms with Gasteiger partial charge in [0.05, 0.1) is 18.3 Å². The Morgan fingerprint density at radius 2 is 2.00 bits per heavy atom. The molecule has 1 saturated carbocycles. The van der Waals surface area contributed by atoms with Crippen molar-refractivity contribution in [1.82, 2.24) is 9.78 Å². The molecular weight excluding hydrogens is 226 g/mol. The first-order valence-electron chi connectivity index (χ1n) is 6.30. The summed E-state index contributed by atoms with van der Waals surface area (Å²) in [5, 5.41) is 13.4. The molecule has 1 aliphatic rings. The average molecular weight is 243 g/mol. The fourth-order valence-electron chi connectivity index (χ4n) is 2.19. The lowest BCUT2D eigenvalue weighted by Gasteiger charge is -2.11. The number of hydrogen-bond acceptors (Lipinski definition) is 3. The van der Waals surface area contributed by atoms with Gasteiger partial charge in [-0.05, 0) is 36.6 Å². The lowest BCUT2D eigenvalue weighted by Crippen LogP contribution is -2.14. The summed E-state index contributed by atoms with van der Waals surface area (Å²) in [7, 11) is 0. The third-order valence-electron chi connectivity index (χ3n) is 3.43. The number of nitrogens with two attached hydrogens (primary N) is 1. The van der Waals surface area contributed by atoms with Gasteiger partial charge in [0.1, 0.15) is 0 Å². The van der Waals surface area contributed by atoms with Crippen LogP contribution in [0.3, 0.4) is 0 Å². The number of rotatable bonds is 4. The van der Waals surface area contributed by atoms with Crippen LogP contribution in [0.15, 0.2) is 36.5 Å². The van der Waals surface area contributed by atoms with Crippen LogP contribution in [0.1, 0.15) is 36.1 Å². The lowest BCUT2D eigenvalue weighted by molar-refractivity contribution is 0.268. The fourth-order valence-corrected chi connectivity index (χ4v) is 2.19. The van der Waals surface area contributed by atoms with Crippen molar-refractivity contribution in [3.63, 3.8) is 0 Å². The van der Waals surface area contributed by atoms with Crippen molar-refractivity contribution in [2.45, 2.75) is 24.8 Å². The molecule has 4 heteroatoms. The van der Waals surface area contributed by atoms with Crippen LogP contribution >= 0.6 is 0 Å². The zero-order chi connectivity index (χ0) is 12.5. The summed E-state index contributed by atoms with van der Waals surface area (Å²) in [5.41, 5.74) is 9.06. The summed E-state index contributed by atoms with van der Waals surface area (Å²) < 4.78 is 1.99. The Bertz CT molecular complexity index is 528. The van der Waals surface area contributed by atoms with Crippen LogP contribution in [-0.4, -0.2) is 21.5 Å². The molecule has 1 fully saturated rings. The molecule has 3 N–H and O–H groups in total. The lowest BCUT2D eigenvalue weighted by atomic mass is 10.1. The number of aromatic nitrogens is 2. The van der Waals surface area contributed by atoms with E-state index in [1.165, 1.54) is 18.5 Å². The smallest absolute Gasteiger partial charge is 0.0649 e. The van der Waals surface area contributed by atoms with Crippen LogP contribution < -0.4 is 5.73 Å². The number of benzene rings is 1. The largest absolute Gasteiger partial charge is 0.394 e. The van der Waals surface area contributed by atoms with Crippen molar-refractivity contribution in [3.05, 3.63) is 47.8 Å². The maximum absolute atomic E-state index is 9.02. The molecule has 1 aromatic carbocycles. The van der Waals surface area contributed by atoms with Crippen LogP contribution in [0.2, 0.25) is 0 Å². The third-order valence-corrected chi connectivity index (χ3v) is 3.43. The van der Waals surface area contributed by atoms with Crippen molar-refractivity contribution < 1.29 is 5.11 Å². The van der Waals surface area contributed by atoms with Crippen molar-refractivity contribution in [1.29, 1.82) is 0 Å². The van der Waals surface area contributed by atoms with E-state index in [-0.39, 0.29) is 12.6 Å². The minimum Gasteiger partial charge on any atom is -0.394 e. The number of aliphatic hydroxyl groups is 1. The molecular formula is C14H17N3O. The molecule has 3 rings (SSSR count). The summed E-state index contributed by atoms with van der Waals surface area (Å²) in [5.74, 6) is 0.673. The first-order chi connectivity index (χ1) is 8.79. The average Bonchev–Trinajstić information content (AvgIpc) is 3.15. The SMILES string of the molecule is NC(CO)c1ccc(-n2nccc2C2CC2)cc1. The van der Waals surface area contributed by atoms with Gasteiger partial charge in [0, 0.05) is 17.8 Å². The van der Waals surface area contributed by atoms with E-state index < -0.39 is 0 Å². The molecule has 0 spiro atoms. The van der Waals surface area contributed by atoms with Gasteiger partial charge in [-0.15, -0.1) is 0 Å². The normalized spacial score (nSPS) is 16.8. The maximum Gasteiger partial charge on any atom is 0.0649 e. The van der Waals surface area contributed by atoms with E-state index >= 15 is 0 Å². The molecule has 1 aliphatic carbocycles. The number of nitrogens with zero attached hydrogens (tertiary/aromatic N) is 2. The molecule has 0 saturated heterocycles. The first kappa shape index (κ1) is 11.4. The Hall–Kier alpha value is -1.65. The van der Waals surface area contributed by atoms with Gasteiger partial charge < -0.3 is 10.8 Å². The zero-order valence-electron chi connectivity index (χ0n) is 10.2. The second-order valence-corrected chi connectivity index (χ2v) is 4.82. The summed E-state index contributed by atoms with van der Waals surface area (Å²) in [6, 6.07) is 9.70. The maximum atomic E-state index is 9.02. The number of aliphatic hydroxyl groups excluding tert-OH is 1. The van der Waals surface area contributed by atoms with Crippen LogP contribution in [0, 0.1) is 0 Å². The highest BCUT2D eigenvalue weighted by atomic mass is 16.3. The van der Waals surface area contributed by atoms with Gasteiger partial charge in [0.25, 0.3) is 0 Å². The van der Waals surface area contributed by atoms with Gasteiger partial charge in [-0.25, -0.2) is 4.68 Å². The minimum atomic E-state index is -0.306. The highest BCUT2D eigenvalue weighted by Gasteiger charge is 2.27. The van der Waals surface area contributed by atoms with Crippen LogP contribution in [-0.2, 0) is 0 Å². The van der Waals surface area contributed by atoms with Gasteiger partial charge in [-0.3, -0.25) is 0 Å². The van der Waals surface area contributed by atoms with Crippen LogP contribution in [0.5, 0.6) is 0 Å².